The van der Waals surface area contributed by atoms with Gasteiger partial charge in [0, 0.05) is 13.1 Å². The van der Waals surface area contributed by atoms with Crippen LogP contribution in [0, 0.1) is 5.92 Å². The van der Waals surface area contributed by atoms with Gasteiger partial charge in [-0.1, -0.05) is 6.92 Å². The molecule has 6 nitrogen and oxygen atoms in total. The van der Waals surface area contributed by atoms with E-state index >= 15 is 0 Å². The number of hydrogen-bond acceptors (Lipinski definition) is 4. The molecule has 4 N–H and O–H groups in total. The van der Waals surface area contributed by atoms with Gasteiger partial charge >= 0.3 is 0 Å². The third kappa shape index (κ3) is 5.14. The van der Waals surface area contributed by atoms with Gasteiger partial charge in [0.25, 0.3) is 0 Å². The molecule has 0 aromatic carbocycles. The zero-order valence-corrected chi connectivity index (χ0v) is 10.2. The number of aliphatic hydroxyl groups excluding tert-OH is 1. The zero-order chi connectivity index (χ0) is 12.8. The fourth-order valence-electron chi connectivity index (χ4n) is 1.87. The van der Waals surface area contributed by atoms with Crippen LogP contribution in [0.5, 0.6) is 0 Å². The van der Waals surface area contributed by atoms with Crippen LogP contribution < -0.4 is 11.1 Å². The average Bonchev–Trinajstić information content (AvgIpc) is 2.25. The highest BCUT2D eigenvalue weighted by Crippen LogP contribution is 2.12. The fourth-order valence-corrected chi connectivity index (χ4v) is 1.87. The van der Waals surface area contributed by atoms with Gasteiger partial charge in [-0.05, 0) is 18.9 Å². The van der Waals surface area contributed by atoms with Gasteiger partial charge < -0.3 is 16.2 Å². The van der Waals surface area contributed by atoms with E-state index in [0.29, 0.717) is 13.1 Å². The van der Waals surface area contributed by atoms with Crippen molar-refractivity contribution in [3.05, 3.63) is 0 Å². The zero-order valence-electron chi connectivity index (χ0n) is 10.2. The van der Waals surface area contributed by atoms with Crippen LogP contribution in [0.3, 0.4) is 0 Å². The molecule has 6 heteroatoms. The van der Waals surface area contributed by atoms with Crippen molar-refractivity contribution in [2.75, 3.05) is 26.2 Å². The smallest absolute Gasteiger partial charge is 0.234 e. The second-order valence-electron chi connectivity index (χ2n) is 4.63. The van der Waals surface area contributed by atoms with Crippen LogP contribution in [-0.4, -0.2) is 54.1 Å². The highest BCUT2D eigenvalue weighted by atomic mass is 16.3. The Morgan fingerprint density at radius 2 is 2.35 bits per heavy atom. The maximum atomic E-state index is 11.1. The van der Waals surface area contributed by atoms with Gasteiger partial charge in [0.15, 0.2) is 0 Å². The van der Waals surface area contributed by atoms with Crippen molar-refractivity contribution in [3.8, 4) is 0 Å². The van der Waals surface area contributed by atoms with E-state index in [0.717, 1.165) is 19.5 Å². The second-order valence-corrected chi connectivity index (χ2v) is 4.63. The minimum Gasteiger partial charge on any atom is -0.392 e. The average molecular weight is 243 g/mol. The van der Waals surface area contributed by atoms with E-state index in [4.69, 9.17) is 5.73 Å². The summed E-state index contributed by atoms with van der Waals surface area (Å²) < 4.78 is 0. The Hall–Kier alpha value is -1.14. The van der Waals surface area contributed by atoms with Gasteiger partial charge in [0.1, 0.15) is 0 Å². The molecule has 2 atom stereocenters. The second kappa shape index (κ2) is 6.56. The van der Waals surface area contributed by atoms with E-state index in [1.165, 1.54) is 0 Å². The number of carbonyl (C=O) groups is 2. The molecule has 0 aromatic rings. The molecule has 17 heavy (non-hydrogen) atoms. The monoisotopic (exact) mass is 243 g/mol. The van der Waals surface area contributed by atoms with Crippen molar-refractivity contribution in [3.63, 3.8) is 0 Å². The van der Waals surface area contributed by atoms with Crippen LogP contribution in [0.25, 0.3) is 0 Å². The molecule has 1 heterocycles. The first kappa shape index (κ1) is 13.9. The van der Waals surface area contributed by atoms with E-state index in [1.54, 1.807) is 0 Å². The largest absolute Gasteiger partial charge is 0.392 e. The minimum absolute atomic E-state index is 0.00164. The first-order chi connectivity index (χ1) is 7.99. The fraction of sp³-hybridized carbons (Fsp3) is 0.818. The molecule has 2 amide bonds. The highest BCUT2D eigenvalue weighted by molar-refractivity contribution is 5.78. The molecule has 98 valence electrons. The summed E-state index contributed by atoms with van der Waals surface area (Å²) >= 11 is 0. The van der Waals surface area contributed by atoms with Gasteiger partial charge in [0.2, 0.25) is 11.8 Å². The lowest BCUT2D eigenvalue weighted by Gasteiger charge is -2.28. The predicted octanol–water partition coefficient (Wildman–Crippen LogP) is -1.32. The third-order valence-corrected chi connectivity index (χ3v) is 3.09. The van der Waals surface area contributed by atoms with Gasteiger partial charge in [-0.2, -0.15) is 0 Å². The Bertz CT molecular complexity index is 283. The number of carbonyl (C=O) groups excluding carboxylic acids is 2. The summed E-state index contributed by atoms with van der Waals surface area (Å²) in [7, 11) is 0. The van der Waals surface area contributed by atoms with E-state index < -0.39 is 12.0 Å². The number of piperazine rings is 1. The summed E-state index contributed by atoms with van der Waals surface area (Å²) in [4.78, 5) is 23.8. The number of aliphatic hydroxyl groups is 1. The Morgan fingerprint density at radius 1 is 1.65 bits per heavy atom. The Labute approximate surface area is 101 Å². The number of nitrogens with zero attached hydrogens (tertiary/aromatic N) is 1. The van der Waals surface area contributed by atoms with E-state index in [2.05, 4.69) is 5.32 Å². The summed E-state index contributed by atoms with van der Waals surface area (Å²) in [5, 5.41) is 12.4. The van der Waals surface area contributed by atoms with Gasteiger partial charge in [-0.3, -0.25) is 14.5 Å². The molecule has 0 aliphatic carbocycles. The van der Waals surface area contributed by atoms with E-state index in [1.807, 2.05) is 11.8 Å². The van der Waals surface area contributed by atoms with Crippen molar-refractivity contribution < 1.29 is 14.7 Å². The highest BCUT2D eigenvalue weighted by Gasteiger charge is 2.20. The molecule has 0 aromatic heterocycles. The molecule has 1 rings (SSSR count). The van der Waals surface area contributed by atoms with Crippen molar-refractivity contribution in [2.45, 2.75) is 25.9 Å². The lowest BCUT2D eigenvalue weighted by molar-refractivity contribution is -0.124. The molecule has 1 aliphatic rings. The van der Waals surface area contributed by atoms with Crippen LogP contribution >= 0.6 is 0 Å². The number of nitrogens with one attached hydrogen (secondary N) is 1. The predicted molar refractivity (Wildman–Crippen MR) is 63.0 cm³/mol. The summed E-state index contributed by atoms with van der Waals surface area (Å²) in [5.41, 5.74) is 5.03. The molecule has 1 fully saturated rings. The normalized spacial score (nSPS) is 20.7. The van der Waals surface area contributed by atoms with Crippen molar-refractivity contribution in [1.29, 1.82) is 0 Å². The molecular weight excluding hydrogens is 222 g/mol. The molecule has 0 radical (unpaired) electrons. The van der Waals surface area contributed by atoms with Crippen LogP contribution in [0.1, 0.15) is 19.8 Å². The lowest BCUT2D eigenvalue weighted by Crippen LogP contribution is -2.48. The maximum Gasteiger partial charge on any atom is 0.234 e. The summed E-state index contributed by atoms with van der Waals surface area (Å²) in [6.07, 6.45) is 0.0646. The molecule has 0 bridgehead atoms. The molecule has 1 saturated heterocycles. The third-order valence-electron chi connectivity index (χ3n) is 3.09. The van der Waals surface area contributed by atoms with Crippen LogP contribution in [0.2, 0.25) is 0 Å². The molecule has 0 unspecified atom stereocenters. The Kier molecular flexibility index (Phi) is 5.37. The van der Waals surface area contributed by atoms with Gasteiger partial charge in [0.05, 0.1) is 19.1 Å². The number of primary amides is 1. The molecule has 0 saturated carbocycles. The first-order valence-corrected chi connectivity index (χ1v) is 5.94. The van der Waals surface area contributed by atoms with E-state index in [9.17, 15) is 14.7 Å². The Balaban J connectivity index is 2.24. The molecule has 1 aliphatic heterocycles. The van der Waals surface area contributed by atoms with E-state index in [-0.39, 0.29) is 18.2 Å². The Morgan fingerprint density at radius 3 is 2.94 bits per heavy atom. The summed E-state index contributed by atoms with van der Waals surface area (Å²) in [6.45, 7) is 4.57. The maximum absolute atomic E-state index is 11.1. The SMILES string of the molecule is C[C@H](CCN1CCNC(=O)C1)[C@@H](O)CC(N)=O. The quantitative estimate of drug-likeness (QED) is 0.539. The lowest BCUT2D eigenvalue weighted by atomic mass is 9.98. The molecule has 0 spiro atoms. The van der Waals surface area contributed by atoms with Crippen LogP contribution in [0.4, 0.5) is 0 Å². The van der Waals surface area contributed by atoms with Gasteiger partial charge in [-0.25, -0.2) is 0 Å². The number of hydrogen-bond donors (Lipinski definition) is 3. The van der Waals surface area contributed by atoms with Crippen molar-refractivity contribution in [2.24, 2.45) is 11.7 Å². The molecular formula is C11H21N3O3. The minimum atomic E-state index is -0.689. The number of nitrogens with two attached hydrogens (primary N) is 1. The number of rotatable bonds is 6. The topological polar surface area (TPSA) is 95.7 Å². The summed E-state index contributed by atoms with van der Waals surface area (Å²) in [5.74, 6) is -0.434. The van der Waals surface area contributed by atoms with Crippen molar-refractivity contribution in [1.82, 2.24) is 10.2 Å². The number of amides is 2. The van der Waals surface area contributed by atoms with Crippen molar-refractivity contribution >= 4 is 11.8 Å². The standard InChI is InChI=1S/C11H21N3O3/c1-8(9(15)6-10(12)16)2-4-14-5-3-13-11(17)7-14/h8-9,15H,2-7H2,1H3,(H2,12,16)(H,13,17)/t8-,9+/m1/s1. The van der Waals surface area contributed by atoms with Gasteiger partial charge in [-0.15, -0.1) is 0 Å². The van der Waals surface area contributed by atoms with Crippen LogP contribution in [0.15, 0.2) is 0 Å². The summed E-state index contributed by atoms with van der Waals surface area (Å²) in [6, 6.07) is 0. The first-order valence-electron chi connectivity index (χ1n) is 5.94. The van der Waals surface area contributed by atoms with Crippen LogP contribution in [-0.2, 0) is 9.59 Å².